The molecule has 0 aliphatic carbocycles. The van der Waals surface area contributed by atoms with Crippen LogP contribution >= 0.6 is 23.4 Å². The molecule has 0 bridgehead atoms. The first kappa shape index (κ1) is 18.1. The van der Waals surface area contributed by atoms with E-state index < -0.39 is 0 Å². The van der Waals surface area contributed by atoms with Crippen LogP contribution in [-0.4, -0.2) is 56.0 Å². The van der Waals surface area contributed by atoms with Crippen LogP contribution in [0, 0.1) is 5.92 Å². The van der Waals surface area contributed by atoms with Crippen LogP contribution < -0.4 is 5.32 Å². The van der Waals surface area contributed by atoms with E-state index >= 15 is 0 Å². The van der Waals surface area contributed by atoms with Crippen LogP contribution in [0.3, 0.4) is 0 Å². The number of rotatable bonds is 5. The summed E-state index contributed by atoms with van der Waals surface area (Å²) < 4.78 is 5.45. The van der Waals surface area contributed by atoms with E-state index in [1.807, 2.05) is 18.4 Å². The minimum absolute atomic E-state index is 0.0569. The Morgan fingerprint density at radius 3 is 2.83 bits per heavy atom. The molecule has 1 N–H and O–H groups in total. The van der Waals surface area contributed by atoms with Crippen molar-refractivity contribution < 1.29 is 9.53 Å². The number of ether oxygens (including phenoxy) is 1. The van der Waals surface area contributed by atoms with Crippen molar-refractivity contribution in [3.05, 3.63) is 28.8 Å². The third-order valence-corrected chi connectivity index (χ3v) is 5.94. The zero-order valence-corrected chi connectivity index (χ0v) is 15.7. The van der Waals surface area contributed by atoms with Gasteiger partial charge in [-0.3, -0.25) is 4.79 Å². The van der Waals surface area contributed by atoms with Crippen molar-refractivity contribution >= 4 is 29.3 Å². The van der Waals surface area contributed by atoms with Crippen molar-refractivity contribution in [2.24, 2.45) is 5.92 Å². The smallest absolute Gasteiger partial charge is 0.253 e. The fourth-order valence-corrected chi connectivity index (χ4v) is 4.06. The summed E-state index contributed by atoms with van der Waals surface area (Å²) in [6.07, 6.45) is 5.18. The first-order chi connectivity index (χ1) is 11.7. The van der Waals surface area contributed by atoms with Crippen LogP contribution in [0.2, 0.25) is 5.02 Å². The van der Waals surface area contributed by atoms with Crippen LogP contribution in [0.15, 0.2) is 23.1 Å². The van der Waals surface area contributed by atoms with Crippen molar-refractivity contribution in [2.75, 3.05) is 39.1 Å². The lowest BCUT2D eigenvalue weighted by molar-refractivity contribution is 0.0903. The summed E-state index contributed by atoms with van der Waals surface area (Å²) in [7, 11) is 0. The monoisotopic (exact) mass is 368 g/mol. The molecular formula is C18H25ClN2O2S. The van der Waals surface area contributed by atoms with Gasteiger partial charge >= 0.3 is 0 Å². The number of likely N-dealkylation sites (tertiary alicyclic amines) is 1. The summed E-state index contributed by atoms with van der Waals surface area (Å²) in [5, 5.41) is 3.68. The Kier molecular flexibility index (Phi) is 6.44. The third kappa shape index (κ3) is 4.66. The van der Waals surface area contributed by atoms with E-state index in [1.165, 1.54) is 6.42 Å². The molecule has 0 aromatic heterocycles. The Balaban J connectivity index is 1.49. The van der Waals surface area contributed by atoms with Crippen LogP contribution in [0.5, 0.6) is 0 Å². The van der Waals surface area contributed by atoms with Gasteiger partial charge in [-0.25, -0.2) is 0 Å². The number of thioether (sulfide) groups is 1. The average Bonchev–Trinajstić information content (AvgIpc) is 3.10. The second-order valence-electron chi connectivity index (χ2n) is 6.62. The molecule has 2 heterocycles. The molecule has 2 aliphatic heterocycles. The maximum absolute atomic E-state index is 12.5. The normalized spacial score (nSPS) is 22.7. The van der Waals surface area contributed by atoms with Gasteiger partial charge in [0.1, 0.15) is 0 Å². The highest BCUT2D eigenvalue weighted by molar-refractivity contribution is 7.98. The molecule has 1 unspecified atom stereocenters. The molecular weight excluding hydrogens is 344 g/mol. The quantitative estimate of drug-likeness (QED) is 0.810. The second kappa shape index (κ2) is 8.56. The minimum atomic E-state index is -0.0569. The number of nitrogens with zero attached hydrogens (tertiary/aromatic N) is 1. The predicted molar refractivity (Wildman–Crippen MR) is 99.1 cm³/mol. The molecule has 0 saturated carbocycles. The Bertz CT molecular complexity index is 570. The van der Waals surface area contributed by atoms with Gasteiger partial charge in [-0.1, -0.05) is 11.6 Å². The lowest BCUT2D eigenvalue weighted by atomic mass is 10.0. The molecule has 6 heteroatoms. The molecule has 1 aromatic rings. The zero-order chi connectivity index (χ0) is 16.9. The van der Waals surface area contributed by atoms with Gasteiger partial charge in [0, 0.05) is 37.2 Å². The highest BCUT2D eigenvalue weighted by atomic mass is 35.5. The van der Waals surface area contributed by atoms with Gasteiger partial charge < -0.3 is 15.0 Å². The maximum Gasteiger partial charge on any atom is 0.253 e. The first-order valence-corrected chi connectivity index (χ1v) is 10.2. The summed E-state index contributed by atoms with van der Waals surface area (Å²) in [5.74, 6) is 0.628. The number of nitrogens with one attached hydrogen (secondary N) is 1. The molecule has 2 fully saturated rings. The first-order valence-electron chi connectivity index (χ1n) is 8.60. The number of amides is 1. The van der Waals surface area contributed by atoms with E-state index in [0.717, 1.165) is 50.6 Å². The van der Waals surface area contributed by atoms with E-state index in [-0.39, 0.29) is 11.9 Å². The van der Waals surface area contributed by atoms with Crippen LogP contribution in [0.25, 0.3) is 0 Å². The number of carbonyl (C=O) groups excluding carboxylic acids is 1. The molecule has 1 atom stereocenters. The fraction of sp³-hybridized carbons (Fsp3) is 0.611. The minimum Gasteiger partial charge on any atom is -0.381 e. The molecule has 2 aliphatic rings. The molecule has 3 rings (SSSR count). The predicted octanol–water partition coefficient (Wildman–Crippen LogP) is 3.29. The van der Waals surface area contributed by atoms with Gasteiger partial charge in [-0.05, 0) is 49.6 Å². The number of halogens is 1. The van der Waals surface area contributed by atoms with E-state index in [1.54, 1.807) is 17.8 Å². The van der Waals surface area contributed by atoms with E-state index in [0.29, 0.717) is 16.5 Å². The standard InChI is InChI=1S/C18H25ClN2O2S/c1-24-15-2-3-17(19)16(10-15)18(22)20-14-4-7-21(8-5-14)11-13-6-9-23-12-13/h2-3,10,13-14H,4-9,11-12H2,1H3,(H,20,22). The number of hydrogen-bond donors (Lipinski definition) is 1. The summed E-state index contributed by atoms with van der Waals surface area (Å²) in [5.41, 5.74) is 0.578. The van der Waals surface area contributed by atoms with Gasteiger partial charge in [0.25, 0.3) is 5.91 Å². The average molecular weight is 369 g/mol. The van der Waals surface area contributed by atoms with Crippen molar-refractivity contribution in [1.29, 1.82) is 0 Å². The summed E-state index contributed by atoms with van der Waals surface area (Å²) in [4.78, 5) is 16.1. The topological polar surface area (TPSA) is 41.6 Å². The molecule has 24 heavy (non-hydrogen) atoms. The van der Waals surface area contributed by atoms with Crippen LogP contribution in [-0.2, 0) is 4.74 Å². The lowest BCUT2D eigenvalue weighted by Crippen LogP contribution is -2.45. The Labute approximate surface area is 153 Å². The number of hydrogen-bond acceptors (Lipinski definition) is 4. The molecule has 132 valence electrons. The van der Waals surface area contributed by atoms with E-state index in [9.17, 15) is 4.79 Å². The van der Waals surface area contributed by atoms with Crippen LogP contribution in [0.1, 0.15) is 29.6 Å². The van der Waals surface area contributed by atoms with Crippen molar-refractivity contribution in [3.8, 4) is 0 Å². The third-order valence-electron chi connectivity index (χ3n) is 4.88. The van der Waals surface area contributed by atoms with Gasteiger partial charge in [-0.2, -0.15) is 0 Å². The number of carbonyl (C=O) groups is 1. The van der Waals surface area contributed by atoms with Gasteiger partial charge in [0.15, 0.2) is 0 Å². The second-order valence-corrected chi connectivity index (χ2v) is 7.91. The van der Waals surface area contributed by atoms with Gasteiger partial charge in [0.2, 0.25) is 0 Å². The van der Waals surface area contributed by atoms with Crippen molar-refractivity contribution in [2.45, 2.75) is 30.2 Å². The molecule has 1 aromatic carbocycles. The van der Waals surface area contributed by atoms with Crippen LogP contribution in [0.4, 0.5) is 0 Å². The highest BCUT2D eigenvalue weighted by Gasteiger charge is 2.25. The number of benzene rings is 1. The summed E-state index contributed by atoms with van der Waals surface area (Å²) in [6.45, 7) is 5.02. The molecule has 4 nitrogen and oxygen atoms in total. The summed E-state index contributed by atoms with van der Waals surface area (Å²) in [6, 6.07) is 5.85. The Morgan fingerprint density at radius 2 is 2.17 bits per heavy atom. The van der Waals surface area contributed by atoms with E-state index in [2.05, 4.69) is 10.2 Å². The van der Waals surface area contributed by atoms with Crippen molar-refractivity contribution in [1.82, 2.24) is 10.2 Å². The SMILES string of the molecule is CSc1ccc(Cl)c(C(=O)NC2CCN(CC3CCOC3)CC2)c1. The largest absolute Gasteiger partial charge is 0.381 e. The van der Waals surface area contributed by atoms with E-state index in [4.69, 9.17) is 16.3 Å². The molecule has 0 spiro atoms. The maximum atomic E-state index is 12.5. The Hall–Kier alpha value is -0.750. The fourth-order valence-electron chi connectivity index (χ4n) is 3.42. The zero-order valence-electron chi connectivity index (χ0n) is 14.1. The lowest BCUT2D eigenvalue weighted by Gasteiger charge is -2.33. The highest BCUT2D eigenvalue weighted by Crippen LogP contribution is 2.24. The molecule has 0 radical (unpaired) electrons. The molecule has 1 amide bonds. The van der Waals surface area contributed by atoms with Crippen molar-refractivity contribution in [3.63, 3.8) is 0 Å². The Morgan fingerprint density at radius 1 is 1.38 bits per heavy atom. The molecule has 2 saturated heterocycles. The number of piperidine rings is 1. The van der Waals surface area contributed by atoms with Gasteiger partial charge in [-0.15, -0.1) is 11.8 Å². The van der Waals surface area contributed by atoms with Gasteiger partial charge in [0.05, 0.1) is 17.2 Å². The summed E-state index contributed by atoms with van der Waals surface area (Å²) >= 11 is 7.81.